The van der Waals surface area contributed by atoms with Crippen molar-refractivity contribution in [2.24, 2.45) is 0 Å². The Labute approximate surface area is 263 Å². The summed E-state index contributed by atoms with van der Waals surface area (Å²) in [5, 5.41) is 14.7. The molecule has 5 rings (SSSR count). The van der Waals surface area contributed by atoms with Crippen LogP contribution in [0.5, 0.6) is 0 Å². The van der Waals surface area contributed by atoms with Crippen LogP contribution in [0.4, 0.5) is 4.79 Å². The second-order valence-electron chi connectivity index (χ2n) is 12.0. The van der Waals surface area contributed by atoms with E-state index in [1.807, 2.05) is 31.2 Å². The van der Waals surface area contributed by atoms with Gasteiger partial charge in [0.05, 0.1) is 45.0 Å². The van der Waals surface area contributed by atoms with Crippen LogP contribution in [-0.4, -0.2) is 84.3 Å². The molecule has 4 aromatic rings. The number of carbonyl (C=O) groups is 1. The van der Waals surface area contributed by atoms with Gasteiger partial charge in [0.25, 0.3) is 5.56 Å². The van der Waals surface area contributed by atoms with Crippen molar-refractivity contribution in [1.82, 2.24) is 24.4 Å². The molecule has 0 radical (unpaired) electrons. The number of carbonyl (C=O) groups excluding carboxylic acids is 1. The fourth-order valence-electron chi connectivity index (χ4n) is 5.12. The molecular weight excluding hydrogens is 604 g/mol. The molecule has 4 heterocycles. The van der Waals surface area contributed by atoms with E-state index in [1.165, 1.54) is 21.9 Å². The number of aryl methyl sites for hydroxylation is 1. The maximum atomic E-state index is 14.0. The predicted molar refractivity (Wildman–Crippen MR) is 171 cm³/mol. The standard InChI is InChI=1S/C31H35ClN6O5S/c1-20-7-6-8-26(34-20)21-9-10-23(25(32)18-21)24-17-22-19-33-29(44(5)42)35-27(22)37(28(24)39)13-16-38(41)14-11-36(12-15-38)30(40)43-31(2,3)4/h6-10,17-19H,11-16H2,1-5H3. The number of benzene rings is 1. The quantitative estimate of drug-likeness (QED) is 0.127. The number of halogens is 1. The number of amides is 1. The molecule has 1 amide bonds. The fraction of sp³-hybridized carbons (Fsp3) is 0.387. The first-order valence-electron chi connectivity index (χ1n) is 14.3. The van der Waals surface area contributed by atoms with Crippen molar-refractivity contribution in [2.45, 2.75) is 45.0 Å². The number of rotatable bonds is 6. The first-order valence-corrected chi connectivity index (χ1v) is 16.2. The molecule has 1 fully saturated rings. The van der Waals surface area contributed by atoms with Gasteiger partial charge >= 0.3 is 11.2 Å². The number of quaternary nitrogens is 1. The molecular formula is C31H35ClN6O5S. The third kappa shape index (κ3) is 7.05. The summed E-state index contributed by atoms with van der Waals surface area (Å²) in [5.74, 6) is 0. The van der Waals surface area contributed by atoms with E-state index in [2.05, 4.69) is 15.0 Å². The summed E-state index contributed by atoms with van der Waals surface area (Å²) >= 11 is 5.27. The lowest BCUT2D eigenvalue weighted by atomic mass is 10.0. The Morgan fingerprint density at radius 3 is 2.48 bits per heavy atom. The molecule has 1 aromatic carbocycles. The van der Waals surface area contributed by atoms with Crippen LogP contribution in [0.15, 0.2) is 58.6 Å². The SMILES string of the molecule is Cc1cccc(-c2ccc(-c3cc4cnc([S+](C)[O-])nc4n(CC[N+]4([O-])CCN(C(=O)OC(C)(C)C)CC4)c3=O)c(Cl)c2)n1. The number of fused-ring (bicyclic) bond motifs is 1. The Hall–Kier alpha value is -3.55. The number of hydrogen-bond acceptors (Lipinski definition) is 8. The smallest absolute Gasteiger partial charge is 0.410 e. The van der Waals surface area contributed by atoms with E-state index in [0.717, 1.165) is 17.0 Å². The highest BCUT2D eigenvalue weighted by molar-refractivity contribution is 7.90. The zero-order valence-electron chi connectivity index (χ0n) is 25.4. The van der Waals surface area contributed by atoms with Gasteiger partial charge in [0, 0.05) is 50.2 Å². The summed E-state index contributed by atoms with van der Waals surface area (Å²) in [6.07, 6.45) is 2.54. The molecule has 0 spiro atoms. The van der Waals surface area contributed by atoms with Gasteiger partial charge in [0.1, 0.15) is 11.9 Å². The lowest BCUT2D eigenvalue weighted by molar-refractivity contribution is -0.885. The maximum Gasteiger partial charge on any atom is 0.410 e. The summed E-state index contributed by atoms with van der Waals surface area (Å²) in [6, 6.07) is 12.8. The van der Waals surface area contributed by atoms with Crippen LogP contribution in [0.25, 0.3) is 33.4 Å². The number of piperazine rings is 1. The van der Waals surface area contributed by atoms with Crippen molar-refractivity contribution >= 4 is 39.9 Å². The lowest BCUT2D eigenvalue weighted by Gasteiger charge is -2.48. The van der Waals surface area contributed by atoms with Gasteiger partial charge in [-0.05, 0) is 52.0 Å². The van der Waals surface area contributed by atoms with Crippen LogP contribution < -0.4 is 5.56 Å². The third-order valence-electron chi connectivity index (χ3n) is 7.44. The minimum Gasteiger partial charge on any atom is -0.633 e. The fourth-order valence-corrected chi connectivity index (χ4v) is 5.82. The van der Waals surface area contributed by atoms with Crippen molar-refractivity contribution in [1.29, 1.82) is 0 Å². The molecule has 0 N–H and O–H groups in total. The highest BCUT2D eigenvalue weighted by atomic mass is 35.5. The Bertz CT molecular complexity index is 1770. The van der Waals surface area contributed by atoms with E-state index in [9.17, 15) is 19.3 Å². The molecule has 11 nitrogen and oxygen atoms in total. The second-order valence-corrected chi connectivity index (χ2v) is 13.6. The third-order valence-corrected chi connectivity index (χ3v) is 8.47. The molecule has 13 heteroatoms. The molecule has 1 aliphatic heterocycles. The predicted octanol–water partition coefficient (Wildman–Crippen LogP) is 4.79. The Balaban J connectivity index is 1.47. The van der Waals surface area contributed by atoms with E-state index in [0.29, 0.717) is 21.5 Å². The zero-order chi connectivity index (χ0) is 31.8. The summed E-state index contributed by atoms with van der Waals surface area (Å²) < 4.78 is 18.5. The Kier molecular flexibility index (Phi) is 9.01. The van der Waals surface area contributed by atoms with Gasteiger partial charge in [0.2, 0.25) is 0 Å². The van der Waals surface area contributed by atoms with Crippen LogP contribution in [0.2, 0.25) is 5.02 Å². The van der Waals surface area contributed by atoms with Crippen LogP contribution in [-0.2, 0) is 22.5 Å². The average Bonchev–Trinajstić information content (AvgIpc) is 2.95. The van der Waals surface area contributed by atoms with Crippen LogP contribution in [0.1, 0.15) is 26.5 Å². The van der Waals surface area contributed by atoms with E-state index >= 15 is 0 Å². The normalized spacial score (nSPS) is 15.8. The number of aromatic nitrogens is 4. The highest BCUT2D eigenvalue weighted by Gasteiger charge is 2.31. The van der Waals surface area contributed by atoms with E-state index in [4.69, 9.17) is 16.3 Å². The van der Waals surface area contributed by atoms with Crippen molar-refractivity contribution in [3.8, 4) is 22.4 Å². The van der Waals surface area contributed by atoms with Crippen molar-refractivity contribution < 1.29 is 18.7 Å². The van der Waals surface area contributed by atoms with Crippen LogP contribution in [0, 0.1) is 12.1 Å². The zero-order valence-corrected chi connectivity index (χ0v) is 26.9. The topological polar surface area (TPSA) is 136 Å². The number of hydroxylamine groups is 3. The van der Waals surface area contributed by atoms with Gasteiger partial charge in [-0.1, -0.05) is 29.8 Å². The van der Waals surface area contributed by atoms with E-state index < -0.39 is 27.5 Å². The molecule has 1 atom stereocenters. The molecule has 0 bridgehead atoms. The number of ether oxygens (including phenoxy) is 1. The first kappa shape index (κ1) is 31.9. The van der Waals surface area contributed by atoms with Crippen molar-refractivity contribution in [3.05, 3.63) is 74.9 Å². The van der Waals surface area contributed by atoms with Gasteiger partial charge < -0.3 is 19.1 Å². The van der Waals surface area contributed by atoms with Crippen LogP contribution >= 0.6 is 11.6 Å². The average molecular weight is 639 g/mol. The van der Waals surface area contributed by atoms with E-state index in [1.54, 1.807) is 39.0 Å². The molecule has 1 aliphatic rings. The largest absolute Gasteiger partial charge is 0.633 e. The molecule has 1 saturated heterocycles. The molecule has 1 unspecified atom stereocenters. The van der Waals surface area contributed by atoms with Gasteiger partial charge in [-0.2, -0.15) is 9.97 Å². The van der Waals surface area contributed by atoms with Gasteiger partial charge in [-0.3, -0.25) is 19.2 Å². The molecule has 0 saturated carbocycles. The molecule has 3 aromatic heterocycles. The minimum absolute atomic E-state index is 0.0504. The van der Waals surface area contributed by atoms with Crippen molar-refractivity contribution in [2.75, 3.05) is 39.0 Å². The number of hydrogen-bond donors (Lipinski definition) is 0. The summed E-state index contributed by atoms with van der Waals surface area (Å²) in [5.41, 5.74) is 2.56. The first-order chi connectivity index (χ1) is 20.7. The lowest BCUT2D eigenvalue weighted by Crippen LogP contribution is -2.58. The van der Waals surface area contributed by atoms with Crippen LogP contribution in [0.3, 0.4) is 0 Å². The summed E-state index contributed by atoms with van der Waals surface area (Å²) in [7, 11) is 0. The minimum atomic E-state index is -1.48. The van der Waals surface area contributed by atoms with Gasteiger partial charge in [0.15, 0.2) is 5.65 Å². The Morgan fingerprint density at radius 2 is 1.84 bits per heavy atom. The monoisotopic (exact) mass is 638 g/mol. The molecule has 0 aliphatic carbocycles. The molecule has 44 heavy (non-hydrogen) atoms. The van der Waals surface area contributed by atoms with E-state index in [-0.39, 0.29) is 55.6 Å². The van der Waals surface area contributed by atoms with Gasteiger partial charge in [-0.15, -0.1) is 0 Å². The van der Waals surface area contributed by atoms with Gasteiger partial charge in [-0.25, -0.2) is 4.79 Å². The Morgan fingerprint density at radius 1 is 1.11 bits per heavy atom. The highest BCUT2D eigenvalue weighted by Crippen LogP contribution is 2.32. The number of nitrogens with zero attached hydrogens (tertiary/aromatic N) is 6. The second kappa shape index (κ2) is 12.4. The maximum absolute atomic E-state index is 14.0. The summed E-state index contributed by atoms with van der Waals surface area (Å²) in [6.45, 7) is 8.22. The number of pyridine rings is 2. The molecule has 232 valence electrons. The van der Waals surface area contributed by atoms with Crippen molar-refractivity contribution in [3.63, 3.8) is 0 Å². The summed E-state index contributed by atoms with van der Waals surface area (Å²) in [4.78, 5) is 41.3.